The first kappa shape index (κ1) is 18.5. The number of rotatable bonds is 4. The molecule has 3 rings (SSSR count). The molecule has 6 nitrogen and oxygen atoms in total. The Morgan fingerprint density at radius 2 is 1.81 bits per heavy atom. The Bertz CT molecular complexity index is 880. The molecule has 2 aromatic rings. The van der Waals surface area contributed by atoms with Gasteiger partial charge in [0.05, 0.1) is 11.3 Å². The van der Waals surface area contributed by atoms with E-state index < -0.39 is 5.91 Å². The topological polar surface area (TPSA) is 76.4 Å². The van der Waals surface area contributed by atoms with Crippen molar-refractivity contribution in [1.29, 1.82) is 5.26 Å². The molecular formula is C21H22N4O2. The van der Waals surface area contributed by atoms with E-state index in [0.29, 0.717) is 24.3 Å². The number of piperazine rings is 1. The van der Waals surface area contributed by atoms with Gasteiger partial charge in [-0.1, -0.05) is 24.3 Å². The van der Waals surface area contributed by atoms with Gasteiger partial charge in [-0.15, -0.1) is 0 Å². The number of anilines is 2. The standard InChI is InChI=1S/C21H22N4O2/c1-16-5-4-7-18(13-16)24-9-11-25(12-10-24)21(27)14-20(26)23-19-8-3-2-6-17(19)15-22/h2-8,13H,9-12,14H2,1H3,(H,23,26). The molecule has 1 heterocycles. The quantitative estimate of drug-likeness (QED) is 0.848. The summed E-state index contributed by atoms with van der Waals surface area (Å²) >= 11 is 0. The minimum Gasteiger partial charge on any atom is -0.368 e. The summed E-state index contributed by atoms with van der Waals surface area (Å²) in [5.74, 6) is -0.588. The third-order valence-corrected chi connectivity index (χ3v) is 4.63. The number of nitrogens with zero attached hydrogens (tertiary/aromatic N) is 3. The smallest absolute Gasteiger partial charge is 0.233 e. The minimum absolute atomic E-state index is 0.189. The number of para-hydroxylation sites is 1. The van der Waals surface area contributed by atoms with Crippen LogP contribution in [-0.2, 0) is 9.59 Å². The van der Waals surface area contributed by atoms with Crippen molar-refractivity contribution in [3.8, 4) is 6.07 Å². The second-order valence-electron chi connectivity index (χ2n) is 6.59. The number of hydrogen-bond donors (Lipinski definition) is 1. The predicted molar refractivity (Wildman–Crippen MR) is 104 cm³/mol. The lowest BCUT2D eigenvalue weighted by molar-refractivity contribution is -0.134. The highest BCUT2D eigenvalue weighted by Gasteiger charge is 2.23. The van der Waals surface area contributed by atoms with Crippen LogP contribution in [0.4, 0.5) is 11.4 Å². The fraction of sp³-hybridized carbons (Fsp3) is 0.286. The maximum Gasteiger partial charge on any atom is 0.233 e. The fourth-order valence-electron chi connectivity index (χ4n) is 3.17. The second-order valence-corrected chi connectivity index (χ2v) is 6.59. The molecule has 27 heavy (non-hydrogen) atoms. The van der Waals surface area contributed by atoms with E-state index in [9.17, 15) is 9.59 Å². The minimum atomic E-state index is -0.399. The highest BCUT2D eigenvalue weighted by Crippen LogP contribution is 2.18. The van der Waals surface area contributed by atoms with Crippen molar-refractivity contribution in [1.82, 2.24) is 4.90 Å². The third kappa shape index (κ3) is 4.64. The van der Waals surface area contributed by atoms with Gasteiger partial charge in [-0.2, -0.15) is 5.26 Å². The van der Waals surface area contributed by atoms with Crippen molar-refractivity contribution in [3.63, 3.8) is 0 Å². The molecule has 1 N–H and O–H groups in total. The first-order chi connectivity index (χ1) is 13.1. The van der Waals surface area contributed by atoms with Crippen molar-refractivity contribution in [2.24, 2.45) is 0 Å². The lowest BCUT2D eigenvalue weighted by Crippen LogP contribution is -2.49. The number of hydrogen-bond acceptors (Lipinski definition) is 4. The molecular weight excluding hydrogens is 340 g/mol. The molecule has 6 heteroatoms. The van der Waals surface area contributed by atoms with Gasteiger partial charge in [0, 0.05) is 31.9 Å². The van der Waals surface area contributed by atoms with Gasteiger partial charge in [-0.05, 0) is 36.8 Å². The summed E-state index contributed by atoms with van der Waals surface area (Å²) in [4.78, 5) is 28.6. The highest BCUT2D eigenvalue weighted by atomic mass is 16.2. The lowest BCUT2D eigenvalue weighted by atomic mass is 10.2. The van der Waals surface area contributed by atoms with Gasteiger partial charge in [0.1, 0.15) is 12.5 Å². The van der Waals surface area contributed by atoms with E-state index in [4.69, 9.17) is 5.26 Å². The summed E-state index contributed by atoms with van der Waals surface area (Å²) in [7, 11) is 0. The first-order valence-electron chi connectivity index (χ1n) is 8.95. The number of carbonyl (C=O) groups is 2. The van der Waals surface area contributed by atoms with Gasteiger partial charge in [0.15, 0.2) is 0 Å². The number of amides is 2. The predicted octanol–water partition coefficient (Wildman–Crippen LogP) is 2.54. The first-order valence-corrected chi connectivity index (χ1v) is 8.95. The molecule has 0 spiro atoms. The molecule has 0 bridgehead atoms. The Hall–Kier alpha value is -3.33. The second kappa shape index (κ2) is 8.37. The number of carbonyl (C=O) groups excluding carboxylic acids is 2. The van der Waals surface area contributed by atoms with Crippen LogP contribution in [0.5, 0.6) is 0 Å². The van der Waals surface area contributed by atoms with Crippen molar-refractivity contribution >= 4 is 23.2 Å². The van der Waals surface area contributed by atoms with Crippen LogP contribution in [0.3, 0.4) is 0 Å². The number of benzene rings is 2. The van der Waals surface area contributed by atoms with Crippen LogP contribution >= 0.6 is 0 Å². The van der Waals surface area contributed by atoms with Crippen LogP contribution in [0.25, 0.3) is 0 Å². The van der Waals surface area contributed by atoms with Crippen molar-refractivity contribution < 1.29 is 9.59 Å². The Kier molecular flexibility index (Phi) is 5.72. The van der Waals surface area contributed by atoms with E-state index in [-0.39, 0.29) is 12.3 Å². The molecule has 1 saturated heterocycles. The molecule has 1 aliphatic rings. The van der Waals surface area contributed by atoms with Crippen LogP contribution in [0.2, 0.25) is 0 Å². The summed E-state index contributed by atoms with van der Waals surface area (Å²) in [6, 6.07) is 17.1. The average molecular weight is 362 g/mol. The molecule has 2 amide bonds. The number of nitriles is 1. The maximum absolute atomic E-state index is 12.4. The average Bonchev–Trinajstić information content (AvgIpc) is 2.68. The van der Waals surface area contributed by atoms with Crippen LogP contribution in [0.15, 0.2) is 48.5 Å². The molecule has 0 atom stereocenters. The Balaban J connectivity index is 1.52. The molecule has 0 unspecified atom stereocenters. The molecule has 0 saturated carbocycles. The zero-order valence-corrected chi connectivity index (χ0v) is 15.3. The summed E-state index contributed by atoms with van der Waals surface area (Å²) < 4.78 is 0. The summed E-state index contributed by atoms with van der Waals surface area (Å²) in [6.07, 6.45) is -0.218. The molecule has 2 aromatic carbocycles. The van der Waals surface area contributed by atoms with Crippen molar-refractivity contribution in [3.05, 3.63) is 59.7 Å². The van der Waals surface area contributed by atoms with Crippen molar-refractivity contribution in [2.45, 2.75) is 13.3 Å². The SMILES string of the molecule is Cc1cccc(N2CCN(C(=O)CC(=O)Nc3ccccc3C#N)CC2)c1. The molecule has 0 aliphatic carbocycles. The molecule has 1 fully saturated rings. The Morgan fingerprint density at radius 1 is 1.07 bits per heavy atom. The van der Waals surface area contributed by atoms with E-state index in [1.54, 1.807) is 29.2 Å². The fourth-order valence-corrected chi connectivity index (χ4v) is 3.17. The summed E-state index contributed by atoms with van der Waals surface area (Å²) in [5, 5.41) is 11.7. The largest absolute Gasteiger partial charge is 0.368 e. The normalized spacial score (nSPS) is 13.8. The molecule has 1 aliphatic heterocycles. The van der Waals surface area contributed by atoms with E-state index >= 15 is 0 Å². The van der Waals surface area contributed by atoms with Gasteiger partial charge in [0.2, 0.25) is 11.8 Å². The van der Waals surface area contributed by atoms with Crippen LogP contribution in [0.1, 0.15) is 17.5 Å². The van der Waals surface area contributed by atoms with E-state index in [1.807, 2.05) is 12.1 Å². The zero-order chi connectivity index (χ0) is 19.2. The maximum atomic E-state index is 12.4. The summed E-state index contributed by atoms with van der Waals surface area (Å²) in [6.45, 7) is 4.73. The zero-order valence-electron chi connectivity index (χ0n) is 15.3. The van der Waals surface area contributed by atoms with E-state index in [0.717, 1.165) is 18.8 Å². The molecule has 0 aromatic heterocycles. The van der Waals surface area contributed by atoms with Gasteiger partial charge in [-0.3, -0.25) is 9.59 Å². The number of nitrogens with one attached hydrogen (secondary N) is 1. The van der Waals surface area contributed by atoms with Crippen LogP contribution < -0.4 is 10.2 Å². The Labute approximate surface area is 159 Å². The molecule has 0 radical (unpaired) electrons. The lowest BCUT2D eigenvalue weighted by Gasteiger charge is -2.36. The highest BCUT2D eigenvalue weighted by molar-refractivity contribution is 6.04. The van der Waals surface area contributed by atoms with Crippen molar-refractivity contribution in [2.75, 3.05) is 36.4 Å². The number of aryl methyl sites for hydroxylation is 1. The van der Waals surface area contributed by atoms with Gasteiger partial charge >= 0.3 is 0 Å². The summed E-state index contributed by atoms with van der Waals surface area (Å²) in [5.41, 5.74) is 3.18. The Morgan fingerprint density at radius 3 is 2.52 bits per heavy atom. The van der Waals surface area contributed by atoms with Crippen LogP contribution in [-0.4, -0.2) is 42.9 Å². The molecule has 138 valence electrons. The van der Waals surface area contributed by atoms with E-state index in [2.05, 4.69) is 35.3 Å². The van der Waals surface area contributed by atoms with Crippen LogP contribution in [0, 0.1) is 18.3 Å². The monoisotopic (exact) mass is 362 g/mol. The van der Waals surface area contributed by atoms with Gasteiger partial charge < -0.3 is 15.1 Å². The van der Waals surface area contributed by atoms with E-state index in [1.165, 1.54) is 5.56 Å². The third-order valence-electron chi connectivity index (χ3n) is 4.63. The van der Waals surface area contributed by atoms with Gasteiger partial charge in [0.25, 0.3) is 0 Å². The van der Waals surface area contributed by atoms with Gasteiger partial charge in [-0.25, -0.2) is 0 Å².